The van der Waals surface area contributed by atoms with Crippen molar-refractivity contribution < 1.29 is 4.74 Å². The van der Waals surface area contributed by atoms with Gasteiger partial charge in [0.2, 0.25) is 5.88 Å². The fourth-order valence-corrected chi connectivity index (χ4v) is 3.45. The maximum Gasteiger partial charge on any atom is 0.238 e. The first kappa shape index (κ1) is 20.5. The van der Waals surface area contributed by atoms with Crippen LogP contribution in [-0.4, -0.2) is 31.8 Å². The molecule has 3 heterocycles. The number of ether oxygens (including phenoxy) is 1. The average molecular weight is 415 g/mol. The van der Waals surface area contributed by atoms with Crippen molar-refractivity contribution in [3.05, 3.63) is 77.9 Å². The maximum absolute atomic E-state index is 5.53. The van der Waals surface area contributed by atoms with E-state index in [2.05, 4.69) is 51.5 Å². The zero-order valence-electron chi connectivity index (χ0n) is 18.2. The quantitative estimate of drug-likeness (QED) is 0.469. The van der Waals surface area contributed by atoms with Gasteiger partial charge in [-0.3, -0.25) is 0 Å². The number of aryl methyl sites for hydroxylation is 2. The van der Waals surface area contributed by atoms with Crippen LogP contribution < -0.4 is 10.1 Å². The van der Waals surface area contributed by atoms with E-state index in [1.807, 2.05) is 54.1 Å². The Morgan fingerprint density at radius 3 is 2.55 bits per heavy atom. The molecule has 158 valence electrons. The lowest BCUT2D eigenvalue weighted by atomic mass is 10.1. The number of rotatable bonds is 7. The molecule has 1 N–H and O–H groups in total. The highest BCUT2D eigenvalue weighted by atomic mass is 16.5. The minimum atomic E-state index is 0.128. The second-order valence-electron chi connectivity index (χ2n) is 7.38. The van der Waals surface area contributed by atoms with Crippen molar-refractivity contribution in [1.29, 1.82) is 0 Å². The Balaban J connectivity index is 1.63. The van der Waals surface area contributed by atoms with E-state index in [1.54, 1.807) is 13.4 Å². The maximum atomic E-state index is 5.53. The lowest BCUT2D eigenvalue weighted by Crippen LogP contribution is -2.11. The van der Waals surface area contributed by atoms with Crippen molar-refractivity contribution in [2.75, 3.05) is 12.4 Å². The van der Waals surface area contributed by atoms with Crippen LogP contribution in [0, 0.1) is 6.92 Å². The highest BCUT2D eigenvalue weighted by Gasteiger charge is 2.14. The van der Waals surface area contributed by atoms with Crippen molar-refractivity contribution in [2.24, 2.45) is 0 Å². The Morgan fingerprint density at radius 1 is 1.06 bits per heavy atom. The number of imidazole rings is 1. The highest BCUT2D eigenvalue weighted by Crippen LogP contribution is 2.27. The third-order valence-electron chi connectivity index (χ3n) is 5.19. The van der Waals surface area contributed by atoms with Gasteiger partial charge in [0, 0.05) is 6.20 Å². The van der Waals surface area contributed by atoms with Crippen LogP contribution in [0.4, 0.5) is 5.82 Å². The second kappa shape index (κ2) is 8.95. The van der Waals surface area contributed by atoms with Gasteiger partial charge in [-0.25, -0.2) is 9.97 Å². The van der Waals surface area contributed by atoms with Crippen LogP contribution in [0.3, 0.4) is 0 Å². The number of pyridine rings is 1. The predicted octanol–water partition coefficient (Wildman–Crippen LogP) is 4.78. The average Bonchev–Trinajstić information content (AvgIpc) is 3.25. The molecule has 0 bridgehead atoms. The fraction of sp³-hybridized carbons (Fsp3) is 0.250. The second-order valence-corrected chi connectivity index (χ2v) is 7.38. The molecule has 1 aromatic carbocycles. The number of anilines is 1. The molecule has 7 nitrogen and oxygen atoms in total. The van der Waals surface area contributed by atoms with Crippen LogP contribution in [0.5, 0.6) is 5.88 Å². The van der Waals surface area contributed by atoms with E-state index in [9.17, 15) is 0 Å². The van der Waals surface area contributed by atoms with Crippen molar-refractivity contribution in [2.45, 2.75) is 33.2 Å². The molecule has 0 unspecified atom stereocenters. The number of nitrogens with zero attached hydrogens (tertiary/aromatic N) is 5. The number of hydrogen-bond acceptors (Lipinski definition) is 6. The first-order chi connectivity index (χ1) is 15.1. The van der Waals surface area contributed by atoms with Gasteiger partial charge < -0.3 is 14.6 Å². The molecule has 31 heavy (non-hydrogen) atoms. The van der Waals surface area contributed by atoms with E-state index in [1.165, 1.54) is 5.56 Å². The molecule has 0 spiro atoms. The summed E-state index contributed by atoms with van der Waals surface area (Å²) in [6, 6.07) is 16.3. The van der Waals surface area contributed by atoms with Gasteiger partial charge >= 0.3 is 0 Å². The molecule has 7 heteroatoms. The van der Waals surface area contributed by atoms with Crippen molar-refractivity contribution in [3.63, 3.8) is 0 Å². The van der Waals surface area contributed by atoms with Crippen molar-refractivity contribution in [3.8, 4) is 23.0 Å². The molecule has 0 saturated carbocycles. The highest BCUT2D eigenvalue weighted by molar-refractivity contribution is 5.61. The summed E-state index contributed by atoms with van der Waals surface area (Å²) in [7, 11) is 1.61. The molecule has 4 rings (SSSR count). The summed E-state index contributed by atoms with van der Waals surface area (Å²) in [4.78, 5) is 8.94. The topological polar surface area (TPSA) is 77.8 Å². The van der Waals surface area contributed by atoms with Crippen LogP contribution in [0.1, 0.15) is 36.7 Å². The molecule has 0 aliphatic carbocycles. The molecular weight excluding hydrogens is 388 g/mol. The number of methoxy groups -OCH3 is 1. The molecule has 4 aromatic rings. The first-order valence-corrected chi connectivity index (χ1v) is 10.3. The van der Waals surface area contributed by atoms with Crippen LogP contribution >= 0.6 is 0 Å². The van der Waals surface area contributed by atoms with E-state index >= 15 is 0 Å². The van der Waals surface area contributed by atoms with E-state index in [-0.39, 0.29) is 6.04 Å². The van der Waals surface area contributed by atoms with Gasteiger partial charge in [-0.15, -0.1) is 10.2 Å². The Kier molecular flexibility index (Phi) is 5.93. The Morgan fingerprint density at radius 2 is 1.87 bits per heavy atom. The van der Waals surface area contributed by atoms with Crippen LogP contribution in [0.2, 0.25) is 0 Å². The van der Waals surface area contributed by atoms with Gasteiger partial charge in [-0.2, -0.15) is 0 Å². The summed E-state index contributed by atoms with van der Waals surface area (Å²) in [5.74, 6) is 1.30. The number of benzene rings is 1. The third-order valence-corrected chi connectivity index (χ3v) is 5.19. The first-order valence-electron chi connectivity index (χ1n) is 10.3. The lowest BCUT2D eigenvalue weighted by Gasteiger charge is -2.17. The summed E-state index contributed by atoms with van der Waals surface area (Å²) in [6.45, 7) is 6.17. The number of nitrogens with one attached hydrogen (secondary N) is 1. The Labute approximate surface area is 182 Å². The minimum absolute atomic E-state index is 0.128. The summed E-state index contributed by atoms with van der Waals surface area (Å²) in [5.41, 5.74) is 5.46. The zero-order chi connectivity index (χ0) is 21.8. The van der Waals surface area contributed by atoms with Crippen molar-refractivity contribution in [1.82, 2.24) is 24.7 Å². The summed E-state index contributed by atoms with van der Waals surface area (Å²) in [6.07, 6.45) is 4.51. The van der Waals surface area contributed by atoms with Crippen molar-refractivity contribution >= 4 is 5.82 Å². The normalized spacial score (nSPS) is 11.9. The van der Waals surface area contributed by atoms with Gasteiger partial charge in [0.15, 0.2) is 5.82 Å². The molecule has 0 fully saturated rings. The largest absolute Gasteiger partial charge is 0.479 e. The molecule has 1 atom stereocenters. The fourth-order valence-electron chi connectivity index (χ4n) is 3.45. The molecule has 0 radical (unpaired) electrons. The summed E-state index contributed by atoms with van der Waals surface area (Å²) >= 11 is 0. The standard InChI is InChI=1S/C24H26N6O/c1-5-18-13-21(28-29-23(18)26-17(3)19-9-7-6-8-10-19)20-11-12-22(24(27-20)31-4)30-14-16(2)25-15-30/h6-15,17H,5H2,1-4H3,(H,26,29)/t17-/m1/s1. The lowest BCUT2D eigenvalue weighted by molar-refractivity contribution is 0.396. The summed E-state index contributed by atoms with van der Waals surface area (Å²) < 4.78 is 7.43. The predicted molar refractivity (Wildman–Crippen MR) is 122 cm³/mol. The SMILES string of the molecule is CCc1cc(-c2ccc(-n3cnc(C)c3)c(OC)n2)nnc1N[C@H](C)c1ccccc1. The van der Waals surface area contributed by atoms with Crippen LogP contribution in [-0.2, 0) is 6.42 Å². The smallest absolute Gasteiger partial charge is 0.238 e. The molecular formula is C24H26N6O. The van der Waals surface area contributed by atoms with Gasteiger partial charge in [-0.1, -0.05) is 37.3 Å². The van der Waals surface area contributed by atoms with E-state index < -0.39 is 0 Å². The Hall–Kier alpha value is -3.74. The van der Waals surface area contributed by atoms with Crippen LogP contribution in [0.25, 0.3) is 17.1 Å². The molecule has 0 aliphatic heterocycles. The monoisotopic (exact) mass is 414 g/mol. The Bertz CT molecular complexity index is 1170. The molecule has 0 saturated heterocycles. The zero-order valence-corrected chi connectivity index (χ0v) is 18.2. The van der Waals surface area contributed by atoms with Gasteiger partial charge in [0.1, 0.15) is 11.4 Å². The molecule has 0 amide bonds. The summed E-state index contributed by atoms with van der Waals surface area (Å²) in [5, 5.41) is 12.4. The van der Waals surface area contributed by atoms with E-state index in [4.69, 9.17) is 4.74 Å². The molecule has 0 aliphatic rings. The van der Waals surface area contributed by atoms with Gasteiger partial charge in [0.25, 0.3) is 0 Å². The number of aromatic nitrogens is 5. The van der Waals surface area contributed by atoms with E-state index in [0.29, 0.717) is 17.3 Å². The van der Waals surface area contributed by atoms with Gasteiger partial charge in [0.05, 0.1) is 30.9 Å². The van der Waals surface area contributed by atoms with Crippen LogP contribution in [0.15, 0.2) is 61.1 Å². The van der Waals surface area contributed by atoms with Gasteiger partial charge in [-0.05, 0) is 49.6 Å². The number of hydrogen-bond donors (Lipinski definition) is 1. The van der Waals surface area contributed by atoms with E-state index in [0.717, 1.165) is 29.2 Å². The third kappa shape index (κ3) is 4.40. The molecule has 3 aromatic heterocycles. The minimum Gasteiger partial charge on any atom is -0.479 e.